The molecule has 1 aromatic rings. The van der Waals surface area contributed by atoms with E-state index in [2.05, 4.69) is 26.1 Å². The first-order valence-corrected chi connectivity index (χ1v) is 7.43. The summed E-state index contributed by atoms with van der Waals surface area (Å²) < 4.78 is 5.47. The Bertz CT molecular complexity index is 516. The molecule has 5 heteroatoms. The Labute approximate surface area is 125 Å². The van der Waals surface area contributed by atoms with Crippen LogP contribution in [0.25, 0.3) is 0 Å². The Kier molecular flexibility index (Phi) is 4.64. The zero-order valence-electron chi connectivity index (χ0n) is 13.1. The molecule has 5 nitrogen and oxygen atoms in total. The summed E-state index contributed by atoms with van der Waals surface area (Å²) in [5.74, 6) is 0. The molecule has 3 unspecified atom stereocenters. The van der Waals surface area contributed by atoms with E-state index >= 15 is 0 Å². The summed E-state index contributed by atoms with van der Waals surface area (Å²) in [6.07, 6.45) is 2.15. The van der Waals surface area contributed by atoms with Crippen LogP contribution < -0.4 is 5.32 Å². The van der Waals surface area contributed by atoms with Gasteiger partial charge in [-0.2, -0.15) is 0 Å². The Morgan fingerprint density at radius 2 is 2.24 bits per heavy atom. The maximum absolute atomic E-state index is 10.9. The van der Waals surface area contributed by atoms with Crippen LogP contribution in [0.2, 0.25) is 0 Å². The first-order valence-electron chi connectivity index (χ1n) is 7.43. The van der Waals surface area contributed by atoms with Crippen molar-refractivity contribution in [3.63, 3.8) is 0 Å². The summed E-state index contributed by atoms with van der Waals surface area (Å²) in [7, 11) is 1.75. The molecule has 0 aromatic heterocycles. The number of hydrogen-bond donors (Lipinski definition) is 1. The minimum absolute atomic E-state index is 0.0862. The highest BCUT2D eigenvalue weighted by Gasteiger charge is 2.48. The van der Waals surface area contributed by atoms with Gasteiger partial charge in [-0.1, -0.05) is 32.9 Å². The molecule has 1 aromatic carbocycles. The molecule has 0 spiro atoms. The highest BCUT2D eigenvalue weighted by molar-refractivity contribution is 5.36. The molecule has 3 atom stereocenters. The van der Waals surface area contributed by atoms with E-state index in [9.17, 15) is 10.1 Å². The van der Waals surface area contributed by atoms with Crippen LogP contribution in [-0.2, 0) is 4.74 Å². The smallest absolute Gasteiger partial charge is 0.269 e. The summed E-state index contributed by atoms with van der Waals surface area (Å²) in [5, 5.41) is 14.5. The second-order valence-electron chi connectivity index (χ2n) is 6.31. The van der Waals surface area contributed by atoms with E-state index in [0.717, 1.165) is 18.4 Å². The third kappa shape index (κ3) is 3.09. The number of methoxy groups -OCH3 is 1. The lowest BCUT2D eigenvalue weighted by molar-refractivity contribution is -0.384. The van der Waals surface area contributed by atoms with E-state index in [4.69, 9.17) is 4.74 Å². The SMILES string of the molecule is CCC(NC1CC(OC)C1(C)C)c1cccc([N+](=O)[O-])c1. The maximum Gasteiger partial charge on any atom is 0.269 e. The number of non-ortho nitro benzene ring substituents is 1. The van der Waals surface area contributed by atoms with Gasteiger partial charge in [-0.15, -0.1) is 0 Å². The van der Waals surface area contributed by atoms with E-state index in [-0.39, 0.29) is 28.2 Å². The molecule has 0 bridgehead atoms. The number of nitro groups is 1. The molecule has 1 aliphatic carbocycles. The summed E-state index contributed by atoms with van der Waals surface area (Å²) >= 11 is 0. The van der Waals surface area contributed by atoms with Gasteiger partial charge in [-0.3, -0.25) is 10.1 Å². The van der Waals surface area contributed by atoms with Gasteiger partial charge in [0.15, 0.2) is 0 Å². The number of nitro benzene ring substituents is 1. The normalized spacial score (nSPS) is 25.1. The average Bonchev–Trinajstić information content (AvgIpc) is 2.46. The number of benzene rings is 1. The van der Waals surface area contributed by atoms with Gasteiger partial charge in [0.2, 0.25) is 0 Å². The van der Waals surface area contributed by atoms with Crippen LogP contribution in [0.15, 0.2) is 24.3 Å². The van der Waals surface area contributed by atoms with Gasteiger partial charge in [-0.25, -0.2) is 0 Å². The number of hydrogen-bond acceptors (Lipinski definition) is 4. The van der Waals surface area contributed by atoms with E-state index in [1.54, 1.807) is 19.2 Å². The number of rotatable bonds is 6. The predicted octanol–water partition coefficient (Wildman–Crippen LogP) is 3.45. The summed E-state index contributed by atoms with van der Waals surface area (Å²) in [4.78, 5) is 10.6. The minimum atomic E-state index is -0.343. The minimum Gasteiger partial charge on any atom is -0.381 e. The van der Waals surface area contributed by atoms with Crippen molar-refractivity contribution in [2.24, 2.45) is 5.41 Å². The number of nitrogens with one attached hydrogen (secondary N) is 1. The third-order valence-corrected chi connectivity index (χ3v) is 4.76. The molecule has 2 rings (SSSR count). The first-order chi connectivity index (χ1) is 9.90. The fourth-order valence-corrected chi connectivity index (χ4v) is 3.12. The average molecular weight is 292 g/mol. The van der Waals surface area contributed by atoms with E-state index in [1.807, 2.05) is 6.07 Å². The van der Waals surface area contributed by atoms with Crippen LogP contribution in [0.1, 0.15) is 45.2 Å². The molecule has 1 aliphatic rings. The molecular weight excluding hydrogens is 268 g/mol. The highest BCUT2D eigenvalue weighted by atomic mass is 16.6. The van der Waals surface area contributed by atoms with Crippen molar-refractivity contribution in [1.82, 2.24) is 5.32 Å². The van der Waals surface area contributed by atoms with Crippen molar-refractivity contribution >= 4 is 5.69 Å². The van der Waals surface area contributed by atoms with Crippen molar-refractivity contribution in [3.8, 4) is 0 Å². The summed E-state index contributed by atoms with van der Waals surface area (Å²) in [6, 6.07) is 7.40. The molecule has 0 radical (unpaired) electrons. The van der Waals surface area contributed by atoms with Gasteiger partial charge in [0.05, 0.1) is 11.0 Å². The third-order valence-electron chi connectivity index (χ3n) is 4.76. The topological polar surface area (TPSA) is 64.4 Å². The van der Waals surface area contributed by atoms with Gasteiger partial charge < -0.3 is 10.1 Å². The van der Waals surface area contributed by atoms with Crippen LogP contribution in [0.4, 0.5) is 5.69 Å². The lowest BCUT2D eigenvalue weighted by Gasteiger charge is -2.52. The molecule has 116 valence electrons. The standard InChI is InChI=1S/C16H24N2O3/c1-5-13(11-7-6-8-12(9-11)18(19)20)17-14-10-15(21-4)16(14,2)3/h6-9,13-15,17H,5,10H2,1-4H3. The van der Waals surface area contributed by atoms with Gasteiger partial charge >= 0.3 is 0 Å². The fourth-order valence-electron chi connectivity index (χ4n) is 3.12. The molecule has 21 heavy (non-hydrogen) atoms. The van der Waals surface area contributed by atoms with Crippen LogP contribution in [0, 0.1) is 15.5 Å². The Hall–Kier alpha value is -1.46. The molecule has 0 aliphatic heterocycles. The van der Waals surface area contributed by atoms with Crippen molar-refractivity contribution in [3.05, 3.63) is 39.9 Å². The van der Waals surface area contributed by atoms with E-state index < -0.39 is 0 Å². The van der Waals surface area contributed by atoms with Crippen LogP contribution in [0.3, 0.4) is 0 Å². The molecule has 0 saturated heterocycles. The van der Waals surface area contributed by atoms with Crippen molar-refractivity contribution in [2.75, 3.05) is 7.11 Å². The first kappa shape index (κ1) is 15.9. The highest BCUT2D eigenvalue weighted by Crippen LogP contribution is 2.43. The molecule has 0 heterocycles. The second kappa shape index (κ2) is 6.12. The Morgan fingerprint density at radius 1 is 1.52 bits per heavy atom. The van der Waals surface area contributed by atoms with Gasteiger partial charge in [0.25, 0.3) is 5.69 Å². The van der Waals surface area contributed by atoms with Crippen LogP contribution in [-0.4, -0.2) is 24.2 Å². The van der Waals surface area contributed by atoms with Crippen LogP contribution >= 0.6 is 0 Å². The predicted molar refractivity (Wildman–Crippen MR) is 82.2 cm³/mol. The van der Waals surface area contributed by atoms with Crippen molar-refractivity contribution < 1.29 is 9.66 Å². The molecular formula is C16H24N2O3. The van der Waals surface area contributed by atoms with Crippen molar-refractivity contribution in [1.29, 1.82) is 0 Å². The zero-order chi connectivity index (χ0) is 15.6. The Balaban J connectivity index is 2.11. The van der Waals surface area contributed by atoms with E-state index in [0.29, 0.717) is 6.04 Å². The largest absolute Gasteiger partial charge is 0.381 e. The van der Waals surface area contributed by atoms with Gasteiger partial charge in [-0.05, 0) is 18.4 Å². The molecule has 1 fully saturated rings. The second-order valence-corrected chi connectivity index (χ2v) is 6.31. The number of ether oxygens (including phenoxy) is 1. The monoisotopic (exact) mass is 292 g/mol. The number of nitrogens with zero attached hydrogens (tertiary/aromatic N) is 1. The lowest BCUT2D eigenvalue weighted by atomic mass is 9.64. The van der Waals surface area contributed by atoms with E-state index in [1.165, 1.54) is 6.07 Å². The van der Waals surface area contributed by atoms with Gasteiger partial charge in [0.1, 0.15) is 0 Å². The molecule has 1 N–H and O–H groups in total. The Morgan fingerprint density at radius 3 is 2.76 bits per heavy atom. The summed E-state index contributed by atoms with van der Waals surface area (Å²) in [6.45, 7) is 6.49. The fraction of sp³-hybridized carbons (Fsp3) is 0.625. The van der Waals surface area contributed by atoms with Crippen molar-refractivity contribution in [2.45, 2.75) is 51.8 Å². The zero-order valence-corrected chi connectivity index (χ0v) is 13.1. The lowest BCUT2D eigenvalue weighted by Crippen LogP contribution is -2.61. The molecule has 1 saturated carbocycles. The maximum atomic E-state index is 10.9. The van der Waals surface area contributed by atoms with Gasteiger partial charge in [0, 0.05) is 36.7 Å². The summed E-state index contributed by atoms with van der Waals surface area (Å²) in [5.41, 5.74) is 1.21. The van der Waals surface area contributed by atoms with Crippen LogP contribution in [0.5, 0.6) is 0 Å². The molecule has 0 amide bonds. The quantitative estimate of drug-likeness (QED) is 0.644.